The van der Waals surface area contributed by atoms with Gasteiger partial charge in [-0.15, -0.1) is 0 Å². The fourth-order valence-electron chi connectivity index (χ4n) is 1.21. The van der Waals surface area contributed by atoms with Crippen LogP contribution in [-0.2, 0) is 0 Å². The lowest BCUT2D eigenvalue weighted by Gasteiger charge is -2.07. The number of hydrazone groups is 1. The van der Waals surface area contributed by atoms with E-state index in [0.29, 0.717) is 6.04 Å². The first-order valence-corrected chi connectivity index (χ1v) is 4.20. The standard InChI is InChI=1S/C8H16N2/c1-2-3-4-5-8-6-7-9-10-8/h7-8,10H,2-6H2,1H3. The summed E-state index contributed by atoms with van der Waals surface area (Å²) in [5.41, 5.74) is 3.08. The maximum Gasteiger partial charge on any atom is 0.0490 e. The van der Waals surface area contributed by atoms with Crippen molar-refractivity contribution in [3.05, 3.63) is 0 Å². The van der Waals surface area contributed by atoms with Gasteiger partial charge in [-0.05, 0) is 6.42 Å². The Morgan fingerprint density at radius 1 is 1.60 bits per heavy atom. The highest BCUT2D eigenvalue weighted by molar-refractivity contribution is 5.59. The van der Waals surface area contributed by atoms with Crippen LogP contribution in [0.15, 0.2) is 5.10 Å². The molecule has 1 unspecified atom stereocenters. The molecule has 0 fully saturated rings. The molecule has 58 valence electrons. The molecule has 0 saturated heterocycles. The predicted octanol–water partition coefficient (Wildman–Crippen LogP) is 1.91. The molecule has 0 bridgehead atoms. The number of unbranched alkanes of at least 4 members (excludes halogenated alkanes) is 2. The van der Waals surface area contributed by atoms with Crippen molar-refractivity contribution in [3.8, 4) is 0 Å². The second-order valence-corrected chi connectivity index (χ2v) is 2.87. The molecule has 1 atom stereocenters. The molecule has 0 aromatic rings. The van der Waals surface area contributed by atoms with Crippen molar-refractivity contribution >= 4 is 6.21 Å². The second-order valence-electron chi connectivity index (χ2n) is 2.87. The smallest absolute Gasteiger partial charge is 0.0490 e. The normalized spacial score (nSPS) is 23.1. The van der Waals surface area contributed by atoms with Gasteiger partial charge in [-0.1, -0.05) is 26.2 Å². The molecule has 2 heteroatoms. The van der Waals surface area contributed by atoms with Crippen LogP contribution in [0.1, 0.15) is 39.0 Å². The van der Waals surface area contributed by atoms with Gasteiger partial charge in [0.2, 0.25) is 0 Å². The summed E-state index contributed by atoms with van der Waals surface area (Å²) in [7, 11) is 0. The molecule has 0 aromatic carbocycles. The van der Waals surface area contributed by atoms with Crippen molar-refractivity contribution in [2.45, 2.75) is 45.1 Å². The van der Waals surface area contributed by atoms with Gasteiger partial charge < -0.3 is 5.43 Å². The van der Waals surface area contributed by atoms with Crippen LogP contribution in [0, 0.1) is 0 Å². The summed E-state index contributed by atoms with van der Waals surface area (Å²) in [6.45, 7) is 2.23. The monoisotopic (exact) mass is 140 g/mol. The molecule has 1 N–H and O–H groups in total. The van der Waals surface area contributed by atoms with E-state index in [2.05, 4.69) is 17.5 Å². The maximum atomic E-state index is 3.97. The van der Waals surface area contributed by atoms with Crippen molar-refractivity contribution in [2.75, 3.05) is 0 Å². The van der Waals surface area contributed by atoms with Crippen LogP contribution < -0.4 is 5.43 Å². The molecule has 1 aliphatic heterocycles. The van der Waals surface area contributed by atoms with E-state index in [4.69, 9.17) is 0 Å². The number of hydrogen-bond donors (Lipinski definition) is 1. The molecule has 0 saturated carbocycles. The Bertz CT molecular complexity index is 102. The summed E-state index contributed by atoms with van der Waals surface area (Å²) in [4.78, 5) is 0. The van der Waals surface area contributed by atoms with Crippen LogP contribution in [0.25, 0.3) is 0 Å². The molecule has 0 spiro atoms. The van der Waals surface area contributed by atoms with E-state index in [-0.39, 0.29) is 0 Å². The van der Waals surface area contributed by atoms with Gasteiger partial charge in [-0.25, -0.2) is 0 Å². The van der Waals surface area contributed by atoms with Gasteiger partial charge in [-0.3, -0.25) is 0 Å². The Morgan fingerprint density at radius 2 is 2.50 bits per heavy atom. The van der Waals surface area contributed by atoms with E-state index < -0.39 is 0 Å². The van der Waals surface area contributed by atoms with Gasteiger partial charge in [0.05, 0.1) is 0 Å². The van der Waals surface area contributed by atoms with Crippen LogP contribution in [0.2, 0.25) is 0 Å². The Balaban J connectivity index is 1.93. The zero-order chi connectivity index (χ0) is 7.23. The minimum Gasteiger partial charge on any atom is -0.307 e. The first-order valence-electron chi connectivity index (χ1n) is 4.20. The van der Waals surface area contributed by atoms with Crippen LogP contribution in [0.4, 0.5) is 0 Å². The number of rotatable bonds is 4. The molecule has 0 aromatic heterocycles. The lowest BCUT2D eigenvalue weighted by Crippen LogP contribution is -2.18. The minimum absolute atomic E-state index is 0.645. The Hall–Kier alpha value is -0.530. The average Bonchev–Trinajstić information content (AvgIpc) is 2.41. The van der Waals surface area contributed by atoms with E-state index in [0.717, 1.165) is 6.42 Å². The largest absolute Gasteiger partial charge is 0.307 e. The van der Waals surface area contributed by atoms with Crippen LogP contribution in [0.3, 0.4) is 0 Å². The van der Waals surface area contributed by atoms with Gasteiger partial charge in [0.15, 0.2) is 0 Å². The average molecular weight is 140 g/mol. The minimum atomic E-state index is 0.645. The van der Waals surface area contributed by atoms with Crippen molar-refractivity contribution in [3.63, 3.8) is 0 Å². The first kappa shape index (κ1) is 7.58. The van der Waals surface area contributed by atoms with Crippen molar-refractivity contribution in [1.82, 2.24) is 5.43 Å². The number of hydrogen-bond acceptors (Lipinski definition) is 2. The molecule has 0 radical (unpaired) electrons. The molecule has 1 aliphatic rings. The quantitative estimate of drug-likeness (QED) is 0.593. The van der Waals surface area contributed by atoms with Gasteiger partial charge >= 0.3 is 0 Å². The van der Waals surface area contributed by atoms with Crippen LogP contribution in [0.5, 0.6) is 0 Å². The lowest BCUT2D eigenvalue weighted by molar-refractivity contribution is 0.508. The van der Waals surface area contributed by atoms with E-state index >= 15 is 0 Å². The maximum absolute atomic E-state index is 3.97. The zero-order valence-corrected chi connectivity index (χ0v) is 6.64. The molecule has 0 amide bonds. The van der Waals surface area contributed by atoms with Crippen LogP contribution >= 0.6 is 0 Å². The third-order valence-corrected chi connectivity index (χ3v) is 1.89. The fraction of sp³-hybridized carbons (Fsp3) is 0.875. The fourth-order valence-corrected chi connectivity index (χ4v) is 1.21. The second kappa shape index (κ2) is 4.31. The molecule has 1 heterocycles. The zero-order valence-electron chi connectivity index (χ0n) is 6.64. The lowest BCUT2D eigenvalue weighted by atomic mass is 10.1. The molecule has 0 aliphatic carbocycles. The highest BCUT2D eigenvalue weighted by atomic mass is 15.3. The summed E-state index contributed by atoms with van der Waals surface area (Å²) in [6, 6.07) is 0.645. The molecular weight excluding hydrogens is 124 g/mol. The molecule has 1 rings (SSSR count). The third kappa shape index (κ3) is 2.38. The van der Waals surface area contributed by atoms with Crippen LogP contribution in [-0.4, -0.2) is 12.3 Å². The third-order valence-electron chi connectivity index (χ3n) is 1.89. The molecular formula is C8H16N2. The Kier molecular flexibility index (Phi) is 3.27. The first-order chi connectivity index (χ1) is 4.93. The van der Waals surface area contributed by atoms with E-state index in [1.54, 1.807) is 0 Å². The Labute approximate surface area is 62.7 Å². The Morgan fingerprint density at radius 3 is 3.10 bits per heavy atom. The van der Waals surface area contributed by atoms with Crippen molar-refractivity contribution < 1.29 is 0 Å². The summed E-state index contributed by atoms with van der Waals surface area (Å²) in [6.07, 6.45) is 8.40. The molecule has 10 heavy (non-hydrogen) atoms. The molecule has 2 nitrogen and oxygen atoms in total. The summed E-state index contributed by atoms with van der Waals surface area (Å²) in [5.74, 6) is 0. The van der Waals surface area contributed by atoms with E-state index in [1.165, 1.54) is 25.7 Å². The van der Waals surface area contributed by atoms with E-state index in [9.17, 15) is 0 Å². The predicted molar refractivity (Wildman–Crippen MR) is 44.2 cm³/mol. The highest BCUT2D eigenvalue weighted by Crippen LogP contribution is 2.07. The highest BCUT2D eigenvalue weighted by Gasteiger charge is 2.08. The van der Waals surface area contributed by atoms with Gasteiger partial charge in [0, 0.05) is 18.7 Å². The van der Waals surface area contributed by atoms with Gasteiger partial charge in [0.25, 0.3) is 0 Å². The van der Waals surface area contributed by atoms with Crippen molar-refractivity contribution in [1.29, 1.82) is 0 Å². The van der Waals surface area contributed by atoms with E-state index in [1.807, 2.05) is 6.21 Å². The SMILES string of the molecule is CCCCCC1CC=NN1. The number of nitrogens with zero attached hydrogens (tertiary/aromatic N) is 1. The summed E-state index contributed by atoms with van der Waals surface area (Å²) >= 11 is 0. The van der Waals surface area contributed by atoms with Gasteiger partial charge in [-0.2, -0.15) is 5.10 Å². The summed E-state index contributed by atoms with van der Waals surface area (Å²) in [5, 5.41) is 3.97. The number of nitrogens with one attached hydrogen (secondary N) is 1. The topological polar surface area (TPSA) is 24.4 Å². The summed E-state index contributed by atoms with van der Waals surface area (Å²) < 4.78 is 0. The van der Waals surface area contributed by atoms with Crippen molar-refractivity contribution in [2.24, 2.45) is 5.10 Å². The van der Waals surface area contributed by atoms with Gasteiger partial charge in [0.1, 0.15) is 0 Å².